The van der Waals surface area contributed by atoms with Crippen molar-refractivity contribution in [3.05, 3.63) is 70.4 Å². The van der Waals surface area contributed by atoms with E-state index in [0.29, 0.717) is 28.8 Å². The van der Waals surface area contributed by atoms with Crippen LogP contribution in [0.15, 0.2) is 62.3 Å². The average Bonchev–Trinajstić information content (AvgIpc) is 3.14. The van der Waals surface area contributed by atoms with Gasteiger partial charge in [-0.3, -0.25) is 0 Å². The van der Waals surface area contributed by atoms with Gasteiger partial charge in [-0.25, -0.2) is 4.79 Å². The quantitative estimate of drug-likeness (QED) is 0.499. The number of nitrogens with zero attached hydrogens (tertiary/aromatic N) is 2. The van der Waals surface area contributed by atoms with Crippen LogP contribution in [0, 0.1) is 6.92 Å². The normalized spacial score (nSPS) is 10.9. The van der Waals surface area contributed by atoms with E-state index in [-0.39, 0.29) is 6.61 Å². The molecule has 4 aromatic rings. The van der Waals surface area contributed by atoms with Gasteiger partial charge in [-0.2, -0.15) is 4.98 Å². The maximum absolute atomic E-state index is 11.5. The minimum atomic E-state index is -0.393. The third-order valence-electron chi connectivity index (χ3n) is 4.10. The number of rotatable bonds is 5. The molecule has 136 valence electrons. The molecule has 0 fully saturated rings. The Bertz CT molecular complexity index is 1160. The number of aromatic nitrogens is 2. The van der Waals surface area contributed by atoms with Crippen LogP contribution in [0.3, 0.4) is 0 Å². The summed E-state index contributed by atoms with van der Waals surface area (Å²) in [5.41, 5.74) is 1.66. The van der Waals surface area contributed by atoms with Crippen LogP contribution in [0.4, 0.5) is 0 Å². The van der Waals surface area contributed by atoms with Gasteiger partial charge in [-0.05, 0) is 36.8 Å². The molecule has 0 saturated carbocycles. The third kappa shape index (κ3) is 3.39. The van der Waals surface area contributed by atoms with Gasteiger partial charge in [0.2, 0.25) is 5.82 Å². The Balaban J connectivity index is 1.53. The lowest BCUT2D eigenvalue weighted by Gasteiger charge is -2.05. The zero-order valence-electron chi connectivity index (χ0n) is 14.8. The lowest BCUT2D eigenvalue weighted by molar-refractivity contribution is 0.243. The van der Waals surface area contributed by atoms with E-state index in [1.54, 1.807) is 19.2 Å². The van der Waals surface area contributed by atoms with Crippen molar-refractivity contribution in [1.82, 2.24) is 10.1 Å². The van der Waals surface area contributed by atoms with Gasteiger partial charge in [0.15, 0.2) is 6.61 Å². The number of hydrogen-bond donors (Lipinski definition) is 0. The van der Waals surface area contributed by atoms with Crippen LogP contribution in [0.25, 0.3) is 22.4 Å². The monoisotopic (exact) mass is 364 g/mol. The first-order valence-corrected chi connectivity index (χ1v) is 8.27. The average molecular weight is 364 g/mol. The summed E-state index contributed by atoms with van der Waals surface area (Å²) < 4.78 is 21.5. The predicted molar refractivity (Wildman–Crippen MR) is 97.8 cm³/mol. The van der Waals surface area contributed by atoms with Crippen LogP contribution in [0.2, 0.25) is 0 Å². The van der Waals surface area contributed by atoms with Crippen molar-refractivity contribution in [3.63, 3.8) is 0 Å². The summed E-state index contributed by atoms with van der Waals surface area (Å²) in [5.74, 6) is 1.94. The molecule has 2 aromatic carbocycles. The molecule has 27 heavy (non-hydrogen) atoms. The number of methoxy groups -OCH3 is 1. The Hall–Kier alpha value is -3.61. The van der Waals surface area contributed by atoms with Gasteiger partial charge in [0, 0.05) is 17.5 Å². The Labute approximate surface area is 154 Å². The zero-order chi connectivity index (χ0) is 18.8. The number of benzene rings is 2. The molecular weight excluding hydrogens is 348 g/mol. The van der Waals surface area contributed by atoms with Crippen LogP contribution in [-0.2, 0) is 6.61 Å². The molecule has 0 aliphatic heterocycles. The molecule has 0 N–H and O–H groups in total. The molecule has 0 spiro atoms. The van der Waals surface area contributed by atoms with Gasteiger partial charge in [0.1, 0.15) is 17.1 Å². The zero-order valence-corrected chi connectivity index (χ0v) is 14.8. The van der Waals surface area contributed by atoms with Crippen LogP contribution in [-0.4, -0.2) is 17.3 Å². The number of fused-ring (bicyclic) bond motifs is 1. The summed E-state index contributed by atoms with van der Waals surface area (Å²) in [6.45, 7) is 1.95. The second-order valence-corrected chi connectivity index (χ2v) is 5.91. The first-order chi connectivity index (χ1) is 13.1. The highest BCUT2D eigenvalue weighted by molar-refractivity contribution is 5.81. The third-order valence-corrected chi connectivity index (χ3v) is 4.10. The minimum absolute atomic E-state index is 0.0870. The molecule has 0 atom stereocenters. The molecule has 4 rings (SSSR count). The van der Waals surface area contributed by atoms with Crippen molar-refractivity contribution in [3.8, 4) is 22.9 Å². The molecule has 0 aliphatic rings. The minimum Gasteiger partial charge on any atom is -0.496 e. The summed E-state index contributed by atoms with van der Waals surface area (Å²) in [6.07, 6.45) is 0. The van der Waals surface area contributed by atoms with E-state index >= 15 is 0 Å². The second kappa shape index (κ2) is 6.95. The number of ether oxygens (including phenoxy) is 2. The number of hydrogen-bond acceptors (Lipinski definition) is 7. The van der Waals surface area contributed by atoms with Gasteiger partial charge in [0.25, 0.3) is 5.89 Å². The highest BCUT2D eigenvalue weighted by Crippen LogP contribution is 2.27. The molecule has 0 bridgehead atoms. The van der Waals surface area contributed by atoms with Crippen LogP contribution in [0.5, 0.6) is 11.5 Å². The maximum Gasteiger partial charge on any atom is 0.336 e. The molecule has 2 heterocycles. The fraction of sp³-hybridized carbons (Fsp3) is 0.150. The molecule has 0 saturated heterocycles. The molecule has 0 aliphatic carbocycles. The Morgan fingerprint density at radius 3 is 2.81 bits per heavy atom. The molecule has 0 unspecified atom stereocenters. The van der Waals surface area contributed by atoms with E-state index in [9.17, 15) is 4.79 Å². The maximum atomic E-state index is 11.5. The smallest absolute Gasteiger partial charge is 0.336 e. The number of aryl methyl sites for hydroxylation is 1. The second-order valence-electron chi connectivity index (χ2n) is 5.91. The van der Waals surface area contributed by atoms with Gasteiger partial charge in [-0.1, -0.05) is 17.3 Å². The summed E-state index contributed by atoms with van der Waals surface area (Å²) in [4.78, 5) is 15.9. The highest BCUT2D eigenvalue weighted by Gasteiger charge is 2.13. The summed E-state index contributed by atoms with van der Waals surface area (Å²) >= 11 is 0. The van der Waals surface area contributed by atoms with Crippen molar-refractivity contribution < 1.29 is 18.4 Å². The molecule has 2 aromatic heterocycles. The van der Waals surface area contributed by atoms with Crippen molar-refractivity contribution in [1.29, 1.82) is 0 Å². The van der Waals surface area contributed by atoms with E-state index in [2.05, 4.69) is 10.1 Å². The molecular formula is C20H16N2O5. The summed E-state index contributed by atoms with van der Waals surface area (Å²) in [6, 6.07) is 14.2. The fourth-order valence-corrected chi connectivity index (χ4v) is 2.79. The van der Waals surface area contributed by atoms with Crippen LogP contribution >= 0.6 is 0 Å². The highest BCUT2D eigenvalue weighted by atomic mass is 16.5. The topological polar surface area (TPSA) is 87.6 Å². The predicted octanol–water partition coefficient (Wildman–Crippen LogP) is 3.74. The van der Waals surface area contributed by atoms with Gasteiger partial charge in [-0.15, -0.1) is 0 Å². The van der Waals surface area contributed by atoms with Gasteiger partial charge < -0.3 is 18.4 Å². The largest absolute Gasteiger partial charge is 0.496 e. The SMILES string of the molecule is COc1ccccc1-c1noc(COc2ccc3c(C)cc(=O)oc3c2)n1. The van der Waals surface area contributed by atoms with Crippen LogP contribution < -0.4 is 15.1 Å². The van der Waals surface area contributed by atoms with Crippen molar-refractivity contribution in [2.75, 3.05) is 7.11 Å². The van der Waals surface area contributed by atoms with E-state index in [4.69, 9.17) is 18.4 Å². The van der Waals surface area contributed by atoms with E-state index in [1.165, 1.54) is 6.07 Å². The van der Waals surface area contributed by atoms with E-state index < -0.39 is 5.63 Å². The molecule has 0 radical (unpaired) electrons. The van der Waals surface area contributed by atoms with Crippen molar-refractivity contribution in [2.45, 2.75) is 13.5 Å². The van der Waals surface area contributed by atoms with Crippen LogP contribution in [0.1, 0.15) is 11.5 Å². The van der Waals surface area contributed by atoms with Gasteiger partial charge >= 0.3 is 5.63 Å². The fourth-order valence-electron chi connectivity index (χ4n) is 2.79. The van der Waals surface area contributed by atoms with E-state index in [1.807, 2.05) is 37.3 Å². The number of para-hydroxylation sites is 1. The summed E-state index contributed by atoms with van der Waals surface area (Å²) in [5, 5.41) is 4.83. The van der Waals surface area contributed by atoms with E-state index in [0.717, 1.165) is 16.5 Å². The Morgan fingerprint density at radius 2 is 1.96 bits per heavy atom. The summed E-state index contributed by atoms with van der Waals surface area (Å²) in [7, 11) is 1.59. The lowest BCUT2D eigenvalue weighted by atomic mass is 10.1. The van der Waals surface area contributed by atoms with Crippen molar-refractivity contribution in [2.24, 2.45) is 0 Å². The standard InChI is InChI=1S/C20H16N2O5/c1-12-9-19(23)26-17-10-13(7-8-14(12)17)25-11-18-21-20(22-27-18)15-5-3-4-6-16(15)24-2/h3-10H,11H2,1-2H3. The first kappa shape index (κ1) is 16.8. The first-order valence-electron chi connectivity index (χ1n) is 8.27. The molecule has 0 amide bonds. The lowest BCUT2D eigenvalue weighted by Crippen LogP contribution is -1.99. The van der Waals surface area contributed by atoms with Gasteiger partial charge in [0.05, 0.1) is 12.7 Å². The Kier molecular flexibility index (Phi) is 4.33. The van der Waals surface area contributed by atoms with Crippen molar-refractivity contribution >= 4 is 11.0 Å². The Morgan fingerprint density at radius 1 is 1.11 bits per heavy atom. The molecule has 7 nitrogen and oxygen atoms in total. The molecule has 7 heteroatoms.